The summed E-state index contributed by atoms with van der Waals surface area (Å²) in [5.74, 6) is -0.481. The number of anilines is 1. The van der Waals surface area contributed by atoms with Crippen molar-refractivity contribution in [3.8, 4) is 0 Å². The number of ether oxygens (including phenoxy) is 1. The summed E-state index contributed by atoms with van der Waals surface area (Å²) in [4.78, 5) is 38.4. The van der Waals surface area contributed by atoms with E-state index < -0.39 is 0 Å². The molecular weight excluding hydrogens is 342 g/mol. The lowest BCUT2D eigenvalue weighted by atomic mass is 10.0. The molecule has 0 unspecified atom stereocenters. The number of carbonyl (C=O) groups is 3. The third kappa shape index (κ3) is 3.92. The molecule has 0 aliphatic carbocycles. The molecule has 1 heterocycles. The maximum Gasteiger partial charge on any atom is 0.337 e. The molecule has 1 aliphatic heterocycles. The van der Waals surface area contributed by atoms with E-state index in [4.69, 9.17) is 4.74 Å². The maximum atomic E-state index is 12.6. The predicted molar refractivity (Wildman–Crippen MR) is 103 cm³/mol. The predicted octanol–water partition coefficient (Wildman–Crippen LogP) is 3.64. The van der Waals surface area contributed by atoms with Crippen molar-refractivity contribution >= 4 is 23.3 Å². The van der Waals surface area contributed by atoms with E-state index in [0.29, 0.717) is 24.1 Å². The topological polar surface area (TPSA) is 63.7 Å². The Morgan fingerprint density at radius 1 is 0.963 bits per heavy atom. The fraction of sp³-hybridized carbons (Fsp3) is 0.318. The van der Waals surface area contributed by atoms with Crippen LogP contribution in [0.5, 0.6) is 0 Å². The van der Waals surface area contributed by atoms with Gasteiger partial charge in [-0.3, -0.25) is 9.59 Å². The van der Waals surface area contributed by atoms with Crippen LogP contribution in [-0.4, -0.2) is 31.3 Å². The molecule has 0 spiro atoms. The fourth-order valence-corrected chi connectivity index (χ4v) is 3.32. The molecule has 5 nitrogen and oxygen atoms in total. The van der Waals surface area contributed by atoms with Crippen molar-refractivity contribution in [3.05, 3.63) is 64.2 Å². The number of esters is 1. The van der Waals surface area contributed by atoms with Gasteiger partial charge in [0.1, 0.15) is 0 Å². The summed E-state index contributed by atoms with van der Waals surface area (Å²) in [5, 5.41) is 0. The van der Waals surface area contributed by atoms with Crippen LogP contribution in [0.3, 0.4) is 0 Å². The Bertz CT molecular complexity index is 917. The van der Waals surface area contributed by atoms with E-state index in [1.807, 2.05) is 32.0 Å². The first-order valence-corrected chi connectivity index (χ1v) is 9.02. The van der Waals surface area contributed by atoms with Crippen molar-refractivity contribution in [2.24, 2.45) is 0 Å². The normalized spacial score (nSPS) is 12.6. The zero-order chi connectivity index (χ0) is 19.6. The Labute approximate surface area is 158 Å². The number of fused-ring (bicyclic) bond motifs is 1. The van der Waals surface area contributed by atoms with Gasteiger partial charge in [0.25, 0.3) is 0 Å². The van der Waals surface area contributed by atoms with Crippen molar-refractivity contribution < 1.29 is 19.1 Å². The minimum absolute atomic E-state index is 0.0214. The molecule has 2 aromatic carbocycles. The van der Waals surface area contributed by atoms with E-state index in [-0.39, 0.29) is 30.5 Å². The zero-order valence-electron chi connectivity index (χ0n) is 15.9. The highest BCUT2D eigenvalue weighted by atomic mass is 16.5. The number of ketones is 1. The van der Waals surface area contributed by atoms with Gasteiger partial charge in [0.2, 0.25) is 5.91 Å². The van der Waals surface area contributed by atoms with Crippen molar-refractivity contribution in [1.82, 2.24) is 0 Å². The van der Waals surface area contributed by atoms with E-state index in [1.165, 1.54) is 7.11 Å². The number of Topliss-reactive ketones (excluding diaryl/α,β-unsaturated/α-hetero) is 1. The van der Waals surface area contributed by atoms with Crippen LogP contribution in [0.4, 0.5) is 5.69 Å². The second-order valence-electron chi connectivity index (χ2n) is 6.85. The highest BCUT2D eigenvalue weighted by Crippen LogP contribution is 2.30. The molecule has 0 bridgehead atoms. The second-order valence-corrected chi connectivity index (χ2v) is 6.85. The molecule has 27 heavy (non-hydrogen) atoms. The first-order valence-electron chi connectivity index (χ1n) is 9.02. The molecule has 0 fully saturated rings. The number of nitrogens with zero attached hydrogens (tertiary/aromatic N) is 1. The van der Waals surface area contributed by atoms with Crippen molar-refractivity contribution in [3.63, 3.8) is 0 Å². The zero-order valence-corrected chi connectivity index (χ0v) is 15.9. The Morgan fingerprint density at radius 3 is 2.41 bits per heavy atom. The molecule has 0 saturated heterocycles. The number of hydrogen-bond donors (Lipinski definition) is 0. The lowest BCUT2D eigenvalue weighted by Crippen LogP contribution is -2.29. The Morgan fingerprint density at radius 2 is 1.70 bits per heavy atom. The number of aryl methyl sites for hydroxylation is 2. The molecule has 0 saturated carbocycles. The summed E-state index contributed by atoms with van der Waals surface area (Å²) in [6, 6.07) is 10.8. The van der Waals surface area contributed by atoms with Gasteiger partial charge < -0.3 is 9.64 Å². The van der Waals surface area contributed by atoms with Gasteiger partial charge in [0.15, 0.2) is 5.78 Å². The smallest absolute Gasteiger partial charge is 0.337 e. The lowest BCUT2D eigenvalue weighted by Gasteiger charge is -2.17. The average molecular weight is 365 g/mol. The van der Waals surface area contributed by atoms with Gasteiger partial charge >= 0.3 is 5.97 Å². The molecule has 0 aromatic heterocycles. The molecule has 140 valence electrons. The van der Waals surface area contributed by atoms with E-state index in [2.05, 4.69) is 0 Å². The third-order valence-electron chi connectivity index (χ3n) is 5.09. The number of rotatable bonds is 5. The fourth-order valence-electron chi connectivity index (χ4n) is 3.32. The average Bonchev–Trinajstić information content (AvgIpc) is 3.10. The first-order chi connectivity index (χ1) is 12.9. The Balaban J connectivity index is 1.65. The monoisotopic (exact) mass is 365 g/mol. The molecule has 1 aliphatic rings. The highest BCUT2D eigenvalue weighted by molar-refractivity contribution is 6.02. The largest absolute Gasteiger partial charge is 0.465 e. The summed E-state index contributed by atoms with van der Waals surface area (Å²) in [5.41, 5.74) is 5.11. The van der Waals surface area contributed by atoms with E-state index in [1.54, 1.807) is 23.1 Å². The lowest BCUT2D eigenvalue weighted by molar-refractivity contribution is -0.118. The Hall–Kier alpha value is -2.95. The van der Waals surface area contributed by atoms with Crippen molar-refractivity contribution in [2.45, 2.75) is 33.1 Å². The molecular formula is C22H23NO4. The van der Waals surface area contributed by atoms with Gasteiger partial charge in [0, 0.05) is 30.6 Å². The van der Waals surface area contributed by atoms with E-state index in [0.717, 1.165) is 22.4 Å². The van der Waals surface area contributed by atoms with Crippen LogP contribution >= 0.6 is 0 Å². The molecule has 0 atom stereocenters. The van der Waals surface area contributed by atoms with Gasteiger partial charge in [-0.15, -0.1) is 0 Å². The van der Waals surface area contributed by atoms with Gasteiger partial charge in [-0.2, -0.15) is 0 Å². The van der Waals surface area contributed by atoms with Crippen molar-refractivity contribution in [1.29, 1.82) is 0 Å². The SMILES string of the molecule is COC(=O)c1ccc2c(c1)CCN2C(=O)CCC(=O)c1ccc(C)c(C)c1. The first kappa shape index (κ1) is 18.8. The maximum absolute atomic E-state index is 12.6. The van der Waals surface area contributed by atoms with Crippen molar-refractivity contribution in [2.75, 3.05) is 18.6 Å². The number of amides is 1. The summed E-state index contributed by atoms with van der Waals surface area (Å²) >= 11 is 0. The van der Waals surface area contributed by atoms with Crippen LogP contribution in [0.2, 0.25) is 0 Å². The Kier molecular flexibility index (Phi) is 5.40. The van der Waals surface area contributed by atoms with Crippen LogP contribution in [0.15, 0.2) is 36.4 Å². The molecule has 0 N–H and O–H groups in total. The van der Waals surface area contributed by atoms with Gasteiger partial charge in [-0.1, -0.05) is 12.1 Å². The number of benzene rings is 2. The van der Waals surface area contributed by atoms with Gasteiger partial charge in [-0.25, -0.2) is 4.79 Å². The quantitative estimate of drug-likeness (QED) is 0.599. The van der Waals surface area contributed by atoms with Crippen LogP contribution < -0.4 is 4.90 Å². The number of carbonyl (C=O) groups excluding carboxylic acids is 3. The molecule has 2 aromatic rings. The summed E-state index contributed by atoms with van der Waals surface area (Å²) in [7, 11) is 1.35. The van der Waals surface area contributed by atoms with Crippen LogP contribution in [-0.2, 0) is 16.0 Å². The number of methoxy groups -OCH3 is 1. The van der Waals surface area contributed by atoms with E-state index >= 15 is 0 Å². The standard InChI is InChI=1S/C22H23NO4/c1-14-4-5-17(12-15(14)2)20(24)8-9-21(25)23-11-10-16-13-18(22(26)27-3)6-7-19(16)23/h4-7,12-13H,8-11H2,1-3H3. The van der Waals surface area contributed by atoms with Crippen LogP contribution in [0.25, 0.3) is 0 Å². The molecule has 1 amide bonds. The van der Waals surface area contributed by atoms with Gasteiger partial charge in [-0.05, 0) is 61.2 Å². The minimum Gasteiger partial charge on any atom is -0.465 e. The van der Waals surface area contributed by atoms with Crippen LogP contribution in [0.1, 0.15) is 50.2 Å². The highest BCUT2D eigenvalue weighted by Gasteiger charge is 2.26. The summed E-state index contributed by atoms with van der Waals surface area (Å²) in [6.45, 7) is 4.54. The summed E-state index contributed by atoms with van der Waals surface area (Å²) < 4.78 is 4.74. The minimum atomic E-state index is -0.387. The second kappa shape index (κ2) is 7.74. The van der Waals surface area contributed by atoms with E-state index in [9.17, 15) is 14.4 Å². The molecule has 0 radical (unpaired) electrons. The van der Waals surface area contributed by atoms with Crippen LogP contribution in [0, 0.1) is 13.8 Å². The third-order valence-corrected chi connectivity index (χ3v) is 5.09. The van der Waals surface area contributed by atoms with Gasteiger partial charge in [0.05, 0.1) is 12.7 Å². The summed E-state index contributed by atoms with van der Waals surface area (Å²) in [6.07, 6.45) is 1.05. The number of hydrogen-bond acceptors (Lipinski definition) is 4. The molecule has 5 heteroatoms. The molecule has 3 rings (SSSR count).